The minimum Gasteiger partial charge on any atom is -0.467 e. The van der Waals surface area contributed by atoms with E-state index in [-0.39, 0.29) is 5.78 Å². The van der Waals surface area contributed by atoms with E-state index in [2.05, 4.69) is 21.2 Å². The van der Waals surface area contributed by atoms with E-state index in [0.29, 0.717) is 18.5 Å². The molecule has 0 spiro atoms. The fourth-order valence-corrected chi connectivity index (χ4v) is 3.34. The van der Waals surface area contributed by atoms with Gasteiger partial charge in [0.05, 0.1) is 7.11 Å². The molecule has 0 aliphatic heterocycles. The summed E-state index contributed by atoms with van der Waals surface area (Å²) in [5.74, 6) is -0.784. The van der Waals surface area contributed by atoms with Crippen LogP contribution < -0.4 is 5.32 Å². The van der Waals surface area contributed by atoms with E-state index < -0.39 is 11.5 Å². The van der Waals surface area contributed by atoms with Crippen LogP contribution in [0.1, 0.15) is 21.5 Å². The lowest BCUT2D eigenvalue weighted by atomic mass is 9.94. The number of hydrogen-bond acceptors (Lipinski definition) is 4. The predicted molar refractivity (Wildman–Crippen MR) is 90.2 cm³/mol. The molecular formula is C18H16BrNO3. The highest BCUT2D eigenvalue weighted by molar-refractivity contribution is 9.10. The number of carbonyl (C=O) groups excluding carboxylic acids is 2. The van der Waals surface area contributed by atoms with Crippen molar-refractivity contribution in [3.05, 3.63) is 69.7 Å². The van der Waals surface area contributed by atoms with E-state index >= 15 is 0 Å². The lowest BCUT2D eigenvalue weighted by molar-refractivity contribution is -0.146. The third kappa shape index (κ3) is 2.82. The highest BCUT2D eigenvalue weighted by Crippen LogP contribution is 2.33. The van der Waals surface area contributed by atoms with Gasteiger partial charge < -0.3 is 4.74 Å². The van der Waals surface area contributed by atoms with Crippen molar-refractivity contribution >= 4 is 27.7 Å². The fraction of sp³-hybridized carbons (Fsp3) is 0.222. The van der Waals surface area contributed by atoms with Gasteiger partial charge in [0.25, 0.3) is 0 Å². The standard InChI is InChI=1S/C18H16BrNO3/c1-23-17(22)18(20-11-12-5-3-2-4-6-12)10-13-9-14(19)7-8-15(13)16(18)21/h2-9,20H,10-11H2,1H3. The van der Waals surface area contributed by atoms with E-state index in [9.17, 15) is 9.59 Å². The summed E-state index contributed by atoms with van der Waals surface area (Å²) in [5.41, 5.74) is 1.06. The number of ketones is 1. The van der Waals surface area contributed by atoms with Gasteiger partial charge in [-0.05, 0) is 29.3 Å². The summed E-state index contributed by atoms with van der Waals surface area (Å²) >= 11 is 3.40. The van der Waals surface area contributed by atoms with Crippen LogP contribution in [-0.2, 0) is 22.5 Å². The Balaban J connectivity index is 1.93. The number of carbonyl (C=O) groups is 2. The van der Waals surface area contributed by atoms with E-state index in [1.54, 1.807) is 12.1 Å². The molecule has 1 unspecified atom stereocenters. The first-order chi connectivity index (χ1) is 11.1. The van der Waals surface area contributed by atoms with Crippen molar-refractivity contribution in [3.63, 3.8) is 0 Å². The van der Waals surface area contributed by atoms with Crippen LogP contribution in [0.4, 0.5) is 0 Å². The number of hydrogen-bond donors (Lipinski definition) is 1. The van der Waals surface area contributed by atoms with Gasteiger partial charge in [-0.2, -0.15) is 0 Å². The molecule has 0 saturated carbocycles. The molecule has 118 valence electrons. The van der Waals surface area contributed by atoms with Gasteiger partial charge in [0.15, 0.2) is 11.3 Å². The van der Waals surface area contributed by atoms with Gasteiger partial charge in [-0.3, -0.25) is 10.1 Å². The van der Waals surface area contributed by atoms with E-state index in [0.717, 1.165) is 15.6 Å². The predicted octanol–water partition coefficient (Wildman–Crippen LogP) is 2.89. The topological polar surface area (TPSA) is 55.4 Å². The summed E-state index contributed by atoms with van der Waals surface area (Å²) in [5, 5.41) is 3.14. The largest absolute Gasteiger partial charge is 0.467 e. The van der Waals surface area contributed by atoms with Crippen LogP contribution in [-0.4, -0.2) is 24.4 Å². The number of halogens is 1. The van der Waals surface area contributed by atoms with Gasteiger partial charge in [-0.1, -0.05) is 46.3 Å². The maximum absolute atomic E-state index is 12.9. The second-order valence-electron chi connectivity index (χ2n) is 5.54. The third-order valence-electron chi connectivity index (χ3n) is 4.13. The summed E-state index contributed by atoms with van der Waals surface area (Å²) in [6, 6.07) is 15.1. The van der Waals surface area contributed by atoms with Gasteiger partial charge in [0, 0.05) is 23.0 Å². The van der Waals surface area contributed by atoms with Crippen LogP contribution in [0.25, 0.3) is 0 Å². The summed E-state index contributed by atoms with van der Waals surface area (Å²) in [6.07, 6.45) is 0.292. The quantitative estimate of drug-likeness (QED) is 0.661. The third-order valence-corrected chi connectivity index (χ3v) is 4.62. The SMILES string of the molecule is COC(=O)C1(NCc2ccccc2)Cc2cc(Br)ccc2C1=O. The minimum atomic E-state index is -1.35. The normalized spacial score (nSPS) is 19.5. The highest BCUT2D eigenvalue weighted by atomic mass is 79.9. The number of benzene rings is 2. The number of esters is 1. The first-order valence-electron chi connectivity index (χ1n) is 7.27. The minimum absolute atomic E-state index is 0.234. The van der Waals surface area contributed by atoms with Crippen LogP contribution in [0.15, 0.2) is 53.0 Å². The van der Waals surface area contributed by atoms with Crippen LogP contribution in [0.2, 0.25) is 0 Å². The van der Waals surface area contributed by atoms with Crippen LogP contribution in [0.3, 0.4) is 0 Å². The fourth-order valence-electron chi connectivity index (χ4n) is 2.93. The van der Waals surface area contributed by atoms with Crippen molar-refractivity contribution in [2.45, 2.75) is 18.5 Å². The number of rotatable bonds is 4. The molecule has 3 rings (SSSR count). The van der Waals surface area contributed by atoms with E-state index in [1.807, 2.05) is 36.4 Å². The summed E-state index contributed by atoms with van der Waals surface area (Å²) < 4.78 is 5.81. The summed E-state index contributed by atoms with van der Waals surface area (Å²) in [6.45, 7) is 0.414. The number of ether oxygens (including phenoxy) is 1. The van der Waals surface area contributed by atoms with Crippen molar-refractivity contribution in [3.8, 4) is 0 Å². The maximum atomic E-state index is 12.9. The molecular weight excluding hydrogens is 358 g/mol. The van der Waals surface area contributed by atoms with E-state index in [1.165, 1.54) is 7.11 Å². The van der Waals surface area contributed by atoms with Crippen molar-refractivity contribution in [2.75, 3.05) is 7.11 Å². The van der Waals surface area contributed by atoms with Gasteiger partial charge in [-0.25, -0.2) is 4.79 Å². The molecule has 1 aliphatic carbocycles. The first-order valence-corrected chi connectivity index (χ1v) is 8.07. The number of methoxy groups -OCH3 is 1. The molecule has 0 heterocycles. The smallest absolute Gasteiger partial charge is 0.334 e. The molecule has 0 bridgehead atoms. The monoisotopic (exact) mass is 373 g/mol. The molecule has 2 aromatic carbocycles. The molecule has 4 nitrogen and oxygen atoms in total. The molecule has 0 fully saturated rings. The number of nitrogens with one attached hydrogen (secondary N) is 1. The van der Waals surface area contributed by atoms with Crippen molar-refractivity contribution in [1.29, 1.82) is 0 Å². The van der Waals surface area contributed by atoms with Crippen LogP contribution in [0, 0.1) is 0 Å². The van der Waals surface area contributed by atoms with E-state index in [4.69, 9.17) is 4.74 Å². The van der Waals surface area contributed by atoms with Gasteiger partial charge in [-0.15, -0.1) is 0 Å². The Morgan fingerprint density at radius 2 is 2.00 bits per heavy atom. The second-order valence-corrected chi connectivity index (χ2v) is 6.46. The average molecular weight is 374 g/mol. The maximum Gasteiger partial charge on any atom is 0.334 e. The molecule has 0 amide bonds. The molecule has 1 N–H and O–H groups in total. The molecule has 0 aromatic heterocycles. The summed E-state index contributed by atoms with van der Waals surface area (Å²) in [4.78, 5) is 25.3. The van der Waals surface area contributed by atoms with Crippen molar-refractivity contribution in [1.82, 2.24) is 5.32 Å². The molecule has 5 heteroatoms. The molecule has 1 aliphatic rings. The van der Waals surface area contributed by atoms with Gasteiger partial charge in [0.1, 0.15) is 0 Å². The molecule has 23 heavy (non-hydrogen) atoms. The van der Waals surface area contributed by atoms with Crippen molar-refractivity contribution < 1.29 is 14.3 Å². The Morgan fingerprint density at radius 1 is 1.26 bits per heavy atom. The molecule has 0 radical (unpaired) electrons. The Kier molecular flexibility index (Phi) is 4.33. The zero-order valence-corrected chi connectivity index (χ0v) is 14.2. The first kappa shape index (κ1) is 15.9. The lowest BCUT2D eigenvalue weighted by Gasteiger charge is -2.26. The van der Waals surface area contributed by atoms with Crippen LogP contribution >= 0.6 is 15.9 Å². The molecule has 0 saturated heterocycles. The Labute approximate surface area is 143 Å². The second kappa shape index (κ2) is 6.26. The van der Waals surface area contributed by atoms with Crippen LogP contribution in [0.5, 0.6) is 0 Å². The highest BCUT2D eigenvalue weighted by Gasteiger charge is 2.52. The Morgan fingerprint density at radius 3 is 2.70 bits per heavy atom. The summed E-state index contributed by atoms with van der Waals surface area (Å²) in [7, 11) is 1.31. The zero-order valence-electron chi connectivity index (χ0n) is 12.6. The molecule has 1 atom stereocenters. The Hall–Kier alpha value is -1.98. The lowest BCUT2D eigenvalue weighted by Crippen LogP contribution is -2.57. The average Bonchev–Trinajstić information content (AvgIpc) is 2.86. The Bertz CT molecular complexity index is 760. The van der Waals surface area contributed by atoms with Crippen molar-refractivity contribution in [2.24, 2.45) is 0 Å². The zero-order chi connectivity index (χ0) is 16.4. The van der Waals surface area contributed by atoms with Gasteiger partial charge in [0.2, 0.25) is 0 Å². The number of Topliss-reactive ketones (excluding diaryl/α,β-unsaturated/α-hetero) is 1. The number of fused-ring (bicyclic) bond motifs is 1. The van der Waals surface area contributed by atoms with Gasteiger partial charge >= 0.3 is 5.97 Å². The molecule has 2 aromatic rings.